The number of anilines is 1. The van der Waals surface area contributed by atoms with Crippen LogP contribution in [-0.2, 0) is 12.8 Å². The Balaban J connectivity index is 2.00. The van der Waals surface area contributed by atoms with Crippen LogP contribution >= 0.6 is 11.3 Å². The molecule has 0 fully saturated rings. The van der Waals surface area contributed by atoms with E-state index >= 15 is 0 Å². The minimum absolute atomic E-state index is 0.296. The van der Waals surface area contributed by atoms with Crippen LogP contribution < -0.4 is 5.73 Å². The summed E-state index contributed by atoms with van der Waals surface area (Å²) in [6, 6.07) is 1.99. The van der Waals surface area contributed by atoms with E-state index in [9.17, 15) is 13.6 Å². The Morgan fingerprint density at radius 2 is 2.29 bits per heavy atom. The summed E-state index contributed by atoms with van der Waals surface area (Å²) in [5, 5.41) is 0.759. The van der Waals surface area contributed by atoms with Crippen LogP contribution in [0.4, 0.5) is 14.5 Å². The van der Waals surface area contributed by atoms with E-state index in [1.54, 1.807) is 0 Å². The molecule has 0 saturated heterocycles. The summed E-state index contributed by atoms with van der Waals surface area (Å²) in [6.07, 6.45) is 0.443. The Morgan fingerprint density at radius 1 is 1.52 bits per heavy atom. The third-order valence-electron chi connectivity index (χ3n) is 3.70. The fourth-order valence-electron chi connectivity index (χ4n) is 2.62. The summed E-state index contributed by atoms with van der Waals surface area (Å²) in [7, 11) is 1.35. The van der Waals surface area contributed by atoms with E-state index in [2.05, 4.69) is 4.98 Å². The second-order valence-corrected chi connectivity index (χ2v) is 6.22. The molecule has 7 heteroatoms. The standard InChI is InChI=1S/C14H15F2N3OS/c1-19(6-10(15)16)14(20)12-11(17)8-5-7-3-2-4-9(7)18-13(8)21-12/h5,10H,2-4,6,17H2,1H3. The van der Waals surface area contributed by atoms with Crippen molar-refractivity contribution in [2.75, 3.05) is 19.3 Å². The van der Waals surface area contributed by atoms with Crippen molar-refractivity contribution < 1.29 is 13.6 Å². The van der Waals surface area contributed by atoms with Crippen LogP contribution in [0, 0.1) is 0 Å². The van der Waals surface area contributed by atoms with Gasteiger partial charge >= 0.3 is 0 Å². The number of nitrogens with two attached hydrogens (primary N) is 1. The first-order valence-electron chi connectivity index (χ1n) is 6.71. The van der Waals surface area contributed by atoms with Gasteiger partial charge in [0, 0.05) is 18.1 Å². The number of thiophene rings is 1. The Labute approximate surface area is 124 Å². The van der Waals surface area contributed by atoms with Gasteiger partial charge in [-0.1, -0.05) is 0 Å². The molecule has 2 aromatic heterocycles. The Hall–Kier alpha value is -1.76. The van der Waals surface area contributed by atoms with Crippen LogP contribution in [0.1, 0.15) is 27.3 Å². The average molecular weight is 311 g/mol. The second-order valence-electron chi connectivity index (χ2n) is 5.22. The molecule has 112 valence electrons. The maximum atomic E-state index is 12.4. The first kappa shape index (κ1) is 14.2. The van der Waals surface area contributed by atoms with E-state index in [0.717, 1.165) is 35.2 Å². The number of aryl methyl sites for hydroxylation is 2. The van der Waals surface area contributed by atoms with Gasteiger partial charge in [-0.05, 0) is 30.9 Å². The highest BCUT2D eigenvalue weighted by molar-refractivity contribution is 7.21. The molecule has 0 bridgehead atoms. The number of carbonyl (C=O) groups excluding carboxylic acids is 1. The number of aromatic nitrogens is 1. The third-order valence-corrected chi connectivity index (χ3v) is 4.81. The number of fused-ring (bicyclic) bond motifs is 2. The number of alkyl halides is 2. The van der Waals surface area contributed by atoms with Gasteiger partial charge in [-0.15, -0.1) is 11.3 Å². The van der Waals surface area contributed by atoms with Crippen molar-refractivity contribution in [2.45, 2.75) is 25.7 Å². The van der Waals surface area contributed by atoms with Crippen LogP contribution in [-0.4, -0.2) is 35.8 Å². The highest BCUT2D eigenvalue weighted by Crippen LogP contribution is 2.36. The molecule has 2 aromatic rings. The van der Waals surface area contributed by atoms with Crippen molar-refractivity contribution in [3.05, 3.63) is 22.2 Å². The van der Waals surface area contributed by atoms with Gasteiger partial charge in [0.15, 0.2) is 0 Å². The quantitative estimate of drug-likeness (QED) is 0.948. The van der Waals surface area contributed by atoms with Crippen molar-refractivity contribution >= 4 is 33.1 Å². The van der Waals surface area contributed by atoms with Crippen LogP contribution in [0.5, 0.6) is 0 Å². The molecule has 4 nitrogen and oxygen atoms in total. The normalized spacial score (nSPS) is 13.9. The lowest BCUT2D eigenvalue weighted by molar-refractivity contribution is 0.0625. The Morgan fingerprint density at radius 3 is 3.00 bits per heavy atom. The number of pyridine rings is 1. The monoisotopic (exact) mass is 311 g/mol. The first-order chi connectivity index (χ1) is 9.97. The van der Waals surface area contributed by atoms with Crippen LogP contribution in [0.3, 0.4) is 0 Å². The molecule has 0 radical (unpaired) electrons. The van der Waals surface area contributed by atoms with Crippen LogP contribution in [0.2, 0.25) is 0 Å². The number of amides is 1. The number of halogens is 2. The summed E-state index contributed by atoms with van der Waals surface area (Å²) in [5.41, 5.74) is 8.62. The average Bonchev–Trinajstić information content (AvgIpc) is 2.99. The predicted molar refractivity (Wildman–Crippen MR) is 79.0 cm³/mol. The number of hydrogen-bond acceptors (Lipinski definition) is 4. The van der Waals surface area contributed by atoms with Crippen molar-refractivity contribution in [3.63, 3.8) is 0 Å². The van der Waals surface area contributed by atoms with E-state index in [1.807, 2.05) is 6.07 Å². The molecule has 1 amide bonds. The molecule has 21 heavy (non-hydrogen) atoms. The summed E-state index contributed by atoms with van der Waals surface area (Å²) in [4.78, 5) is 18.8. The molecule has 2 N–H and O–H groups in total. The van der Waals surface area contributed by atoms with Gasteiger partial charge in [-0.3, -0.25) is 4.79 Å². The molecule has 0 unspecified atom stereocenters. The van der Waals surface area contributed by atoms with E-state index in [4.69, 9.17) is 5.73 Å². The predicted octanol–water partition coefficient (Wildman–Crippen LogP) is 2.70. The number of carbonyl (C=O) groups is 1. The summed E-state index contributed by atoms with van der Waals surface area (Å²) >= 11 is 1.18. The summed E-state index contributed by atoms with van der Waals surface area (Å²) < 4.78 is 24.8. The van der Waals surface area contributed by atoms with Crippen LogP contribution in [0.25, 0.3) is 10.2 Å². The van der Waals surface area contributed by atoms with Gasteiger partial charge in [-0.25, -0.2) is 13.8 Å². The summed E-state index contributed by atoms with van der Waals surface area (Å²) in [5.74, 6) is -0.476. The Kier molecular flexibility index (Phi) is 3.52. The zero-order chi connectivity index (χ0) is 15.1. The van der Waals surface area contributed by atoms with E-state index < -0.39 is 18.9 Å². The van der Waals surface area contributed by atoms with Crippen molar-refractivity contribution in [2.24, 2.45) is 0 Å². The van der Waals surface area contributed by atoms with Crippen LogP contribution in [0.15, 0.2) is 6.07 Å². The largest absolute Gasteiger partial charge is 0.397 e. The maximum absolute atomic E-state index is 12.4. The molecule has 1 aliphatic carbocycles. The van der Waals surface area contributed by atoms with E-state index in [1.165, 1.54) is 23.9 Å². The second kappa shape index (κ2) is 5.22. The lowest BCUT2D eigenvalue weighted by atomic mass is 10.1. The lowest BCUT2D eigenvalue weighted by Gasteiger charge is -2.15. The third kappa shape index (κ3) is 2.46. The Bertz CT molecular complexity index is 714. The highest BCUT2D eigenvalue weighted by Gasteiger charge is 2.24. The number of nitrogens with zero attached hydrogens (tertiary/aromatic N) is 2. The zero-order valence-corrected chi connectivity index (χ0v) is 12.3. The molecule has 1 aliphatic rings. The molecule has 0 atom stereocenters. The highest BCUT2D eigenvalue weighted by atomic mass is 32.1. The number of rotatable bonds is 3. The molecule has 3 rings (SSSR count). The van der Waals surface area contributed by atoms with Gasteiger partial charge in [-0.2, -0.15) is 0 Å². The van der Waals surface area contributed by atoms with E-state index in [0.29, 0.717) is 15.4 Å². The van der Waals surface area contributed by atoms with Gasteiger partial charge in [0.2, 0.25) is 0 Å². The van der Waals surface area contributed by atoms with Crippen molar-refractivity contribution in [3.8, 4) is 0 Å². The van der Waals surface area contributed by atoms with Gasteiger partial charge < -0.3 is 10.6 Å². The number of nitrogen functional groups attached to an aromatic ring is 1. The maximum Gasteiger partial charge on any atom is 0.266 e. The lowest BCUT2D eigenvalue weighted by Crippen LogP contribution is -2.31. The fourth-order valence-corrected chi connectivity index (χ4v) is 3.71. The summed E-state index contributed by atoms with van der Waals surface area (Å²) in [6.45, 7) is -0.601. The molecule has 0 aliphatic heterocycles. The van der Waals surface area contributed by atoms with Gasteiger partial charge in [0.05, 0.1) is 12.2 Å². The smallest absolute Gasteiger partial charge is 0.266 e. The van der Waals surface area contributed by atoms with E-state index in [-0.39, 0.29) is 0 Å². The first-order valence-corrected chi connectivity index (χ1v) is 7.53. The van der Waals surface area contributed by atoms with Crippen molar-refractivity contribution in [1.29, 1.82) is 0 Å². The molecule has 0 saturated carbocycles. The molecule has 2 heterocycles. The molecular formula is C14H15F2N3OS. The van der Waals surface area contributed by atoms with Gasteiger partial charge in [0.1, 0.15) is 9.71 Å². The molecule has 0 aromatic carbocycles. The minimum Gasteiger partial charge on any atom is -0.397 e. The zero-order valence-electron chi connectivity index (χ0n) is 11.5. The fraction of sp³-hybridized carbons (Fsp3) is 0.429. The SMILES string of the molecule is CN(CC(F)F)C(=O)c1sc2nc3c(cc2c1N)CCC3. The van der Waals surface area contributed by atoms with Gasteiger partial charge in [0.25, 0.3) is 12.3 Å². The topological polar surface area (TPSA) is 59.2 Å². The molecule has 0 spiro atoms. The van der Waals surface area contributed by atoms with Crippen molar-refractivity contribution in [1.82, 2.24) is 9.88 Å². The number of hydrogen-bond donors (Lipinski definition) is 1. The minimum atomic E-state index is -2.56. The molecular weight excluding hydrogens is 296 g/mol.